The number of pyridine rings is 1. The Balaban J connectivity index is 2.17. The van der Waals surface area contributed by atoms with Crippen molar-refractivity contribution < 1.29 is 4.79 Å². The lowest BCUT2D eigenvalue weighted by molar-refractivity contribution is 0.102. The monoisotopic (exact) mass is 293 g/mol. The zero-order valence-electron chi connectivity index (χ0n) is 11.3. The van der Waals surface area contributed by atoms with Crippen molar-refractivity contribution in [2.75, 3.05) is 11.1 Å². The van der Waals surface area contributed by atoms with Gasteiger partial charge in [-0.1, -0.05) is 24.9 Å². The first-order valence-electron chi connectivity index (χ1n) is 6.29. The quantitative estimate of drug-likeness (QED) is 0.755. The van der Waals surface area contributed by atoms with Crippen molar-refractivity contribution in [2.24, 2.45) is 0 Å². The molecule has 0 aromatic carbocycles. The van der Waals surface area contributed by atoms with E-state index in [0.29, 0.717) is 16.5 Å². The van der Waals surface area contributed by atoms with E-state index in [9.17, 15) is 4.79 Å². The number of nitrogens with zero attached hydrogens (tertiary/aromatic N) is 2. The van der Waals surface area contributed by atoms with Crippen LogP contribution < -0.4 is 11.1 Å². The molecule has 0 radical (unpaired) electrons. The summed E-state index contributed by atoms with van der Waals surface area (Å²) in [7, 11) is 0. The SMILES string of the molecule is CCCc1[nH]nc(C(=O)Nc2cnc(Cl)c(C)c2)c1N. The first-order valence-corrected chi connectivity index (χ1v) is 6.67. The smallest absolute Gasteiger partial charge is 0.278 e. The van der Waals surface area contributed by atoms with Crippen LogP contribution in [0.4, 0.5) is 11.4 Å². The molecule has 2 rings (SSSR count). The molecule has 2 aromatic rings. The number of hydrogen-bond donors (Lipinski definition) is 3. The summed E-state index contributed by atoms with van der Waals surface area (Å²) in [6.07, 6.45) is 3.17. The minimum Gasteiger partial charge on any atom is -0.395 e. The molecule has 0 aliphatic rings. The highest BCUT2D eigenvalue weighted by Gasteiger charge is 2.17. The topological polar surface area (TPSA) is 96.7 Å². The van der Waals surface area contributed by atoms with E-state index in [1.807, 2.05) is 13.8 Å². The average Bonchev–Trinajstić information content (AvgIpc) is 2.76. The van der Waals surface area contributed by atoms with E-state index in [1.54, 1.807) is 6.07 Å². The van der Waals surface area contributed by atoms with E-state index >= 15 is 0 Å². The van der Waals surface area contributed by atoms with Crippen molar-refractivity contribution in [2.45, 2.75) is 26.7 Å². The maximum Gasteiger partial charge on any atom is 0.278 e. The molecule has 0 fully saturated rings. The van der Waals surface area contributed by atoms with Gasteiger partial charge in [0.1, 0.15) is 5.15 Å². The van der Waals surface area contributed by atoms with Crippen molar-refractivity contribution in [1.29, 1.82) is 0 Å². The van der Waals surface area contributed by atoms with Crippen molar-refractivity contribution in [3.63, 3.8) is 0 Å². The molecular weight excluding hydrogens is 278 g/mol. The number of aromatic amines is 1. The summed E-state index contributed by atoms with van der Waals surface area (Å²) >= 11 is 5.84. The predicted molar refractivity (Wildman–Crippen MR) is 78.9 cm³/mol. The zero-order chi connectivity index (χ0) is 14.7. The number of amides is 1. The normalized spacial score (nSPS) is 10.6. The number of halogens is 1. The molecule has 106 valence electrons. The molecule has 7 heteroatoms. The van der Waals surface area contributed by atoms with E-state index < -0.39 is 0 Å². The lowest BCUT2D eigenvalue weighted by Crippen LogP contribution is -2.14. The molecule has 20 heavy (non-hydrogen) atoms. The Labute approximate surface area is 121 Å². The molecule has 0 atom stereocenters. The van der Waals surface area contributed by atoms with Gasteiger partial charge in [-0.2, -0.15) is 5.10 Å². The summed E-state index contributed by atoms with van der Waals surface area (Å²) in [6.45, 7) is 3.84. The number of anilines is 2. The van der Waals surface area contributed by atoms with Crippen LogP contribution in [0.15, 0.2) is 12.3 Å². The predicted octanol–water partition coefficient (Wildman–Crippen LogP) is 2.55. The fourth-order valence-corrected chi connectivity index (χ4v) is 1.92. The number of aromatic nitrogens is 3. The second kappa shape index (κ2) is 5.92. The van der Waals surface area contributed by atoms with Gasteiger partial charge in [-0.25, -0.2) is 4.98 Å². The number of hydrogen-bond acceptors (Lipinski definition) is 4. The number of nitrogen functional groups attached to an aromatic ring is 1. The first kappa shape index (κ1) is 14.3. The fourth-order valence-electron chi connectivity index (χ4n) is 1.82. The Bertz CT molecular complexity index is 638. The number of nitrogens with two attached hydrogens (primary N) is 1. The van der Waals surface area contributed by atoms with E-state index in [1.165, 1.54) is 6.20 Å². The van der Waals surface area contributed by atoms with Gasteiger partial charge in [0.05, 0.1) is 23.3 Å². The molecule has 0 aliphatic heterocycles. The molecule has 0 unspecified atom stereocenters. The van der Waals surface area contributed by atoms with Crippen molar-refractivity contribution in [3.8, 4) is 0 Å². The summed E-state index contributed by atoms with van der Waals surface area (Å²) < 4.78 is 0. The molecule has 6 nitrogen and oxygen atoms in total. The molecule has 0 saturated carbocycles. The Morgan fingerprint density at radius 2 is 2.30 bits per heavy atom. The fraction of sp³-hybridized carbons (Fsp3) is 0.308. The molecule has 0 spiro atoms. The first-order chi connectivity index (χ1) is 9.52. The van der Waals surface area contributed by atoms with E-state index in [2.05, 4.69) is 20.5 Å². The largest absolute Gasteiger partial charge is 0.395 e. The highest BCUT2D eigenvalue weighted by molar-refractivity contribution is 6.30. The summed E-state index contributed by atoms with van der Waals surface area (Å²) in [5.41, 5.74) is 8.61. The van der Waals surface area contributed by atoms with Gasteiger partial charge in [0.2, 0.25) is 0 Å². The highest BCUT2D eigenvalue weighted by Crippen LogP contribution is 2.19. The number of nitrogens with one attached hydrogen (secondary N) is 2. The van der Waals surface area contributed by atoms with E-state index in [4.69, 9.17) is 17.3 Å². The Kier molecular flexibility index (Phi) is 4.24. The Morgan fingerprint density at radius 3 is 2.95 bits per heavy atom. The van der Waals surface area contributed by atoms with Crippen LogP contribution in [0, 0.1) is 6.92 Å². The molecule has 4 N–H and O–H groups in total. The summed E-state index contributed by atoms with van der Waals surface area (Å²) in [5, 5.41) is 9.86. The molecule has 2 heterocycles. The number of H-pyrrole nitrogens is 1. The van der Waals surface area contributed by atoms with E-state index in [0.717, 1.165) is 24.1 Å². The minimum atomic E-state index is -0.371. The second-order valence-corrected chi connectivity index (χ2v) is 4.86. The number of carbonyl (C=O) groups excluding carboxylic acids is 1. The Morgan fingerprint density at radius 1 is 1.55 bits per heavy atom. The molecule has 0 bridgehead atoms. The summed E-state index contributed by atoms with van der Waals surface area (Å²) in [6, 6.07) is 1.74. The minimum absolute atomic E-state index is 0.195. The maximum absolute atomic E-state index is 12.1. The summed E-state index contributed by atoms with van der Waals surface area (Å²) in [5.74, 6) is -0.371. The average molecular weight is 294 g/mol. The standard InChI is InChI=1S/C13H16ClN5O/c1-3-4-9-10(15)11(19-18-9)13(20)17-8-5-7(2)12(14)16-6-8/h5-6H,3-4,15H2,1-2H3,(H,17,20)(H,18,19). The lowest BCUT2D eigenvalue weighted by atomic mass is 10.2. The van der Waals surface area contributed by atoms with Gasteiger partial charge in [0.15, 0.2) is 5.69 Å². The number of carbonyl (C=O) groups is 1. The van der Waals surface area contributed by atoms with Crippen LogP contribution in [0.25, 0.3) is 0 Å². The van der Waals surface area contributed by atoms with Gasteiger partial charge >= 0.3 is 0 Å². The third-order valence-electron chi connectivity index (χ3n) is 2.87. The van der Waals surface area contributed by atoms with Crippen LogP contribution in [-0.2, 0) is 6.42 Å². The van der Waals surface area contributed by atoms with Crippen molar-refractivity contribution >= 4 is 28.9 Å². The van der Waals surface area contributed by atoms with Crippen LogP contribution in [0.5, 0.6) is 0 Å². The van der Waals surface area contributed by atoms with Gasteiger partial charge in [-0.3, -0.25) is 9.89 Å². The molecular formula is C13H16ClN5O. The van der Waals surface area contributed by atoms with Crippen LogP contribution in [0.3, 0.4) is 0 Å². The van der Waals surface area contributed by atoms with Crippen molar-refractivity contribution in [1.82, 2.24) is 15.2 Å². The third kappa shape index (κ3) is 2.91. The van der Waals surface area contributed by atoms with Gasteiger partial charge in [-0.05, 0) is 25.0 Å². The van der Waals surface area contributed by atoms with Crippen LogP contribution in [0.1, 0.15) is 35.1 Å². The second-order valence-electron chi connectivity index (χ2n) is 4.50. The Hall–Kier alpha value is -2.08. The van der Waals surface area contributed by atoms with Crippen LogP contribution >= 0.6 is 11.6 Å². The third-order valence-corrected chi connectivity index (χ3v) is 3.27. The number of aryl methyl sites for hydroxylation is 2. The molecule has 1 amide bonds. The lowest BCUT2D eigenvalue weighted by Gasteiger charge is -2.05. The van der Waals surface area contributed by atoms with Gasteiger partial charge in [0.25, 0.3) is 5.91 Å². The van der Waals surface area contributed by atoms with Gasteiger partial charge in [0, 0.05) is 0 Å². The zero-order valence-corrected chi connectivity index (χ0v) is 12.1. The van der Waals surface area contributed by atoms with Gasteiger partial charge < -0.3 is 11.1 Å². The molecule has 2 aromatic heterocycles. The van der Waals surface area contributed by atoms with Crippen LogP contribution in [0.2, 0.25) is 5.15 Å². The summed E-state index contributed by atoms with van der Waals surface area (Å²) in [4.78, 5) is 16.1. The van der Waals surface area contributed by atoms with E-state index in [-0.39, 0.29) is 11.6 Å². The maximum atomic E-state index is 12.1. The van der Waals surface area contributed by atoms with Crippen LogP contribution in [-0.4, -0.2) is 21.1 Å². The van der Waals surface area contributed by atoms with Gasteiger partial charge in [-0.15, -0.1) is 0 Å². The molecule has 0 aliphatic carbocycles. The highest BCUT2D eigenvalue weighted by atomic mass is 35.5. The molecule has 0 saturated heterocycles. The van der Waals surface area contributed by atoms with Crippen molar-refractivity contribution in [3.05, 3.63) is 34.4 Å². The number of rotatable bonds is 4.